The second-order valence-corrected chi connectivity index (χ2v) is 11.1. The smallest absolute Gasteiger partial charge is 0.234 e. The summed E-state index contributed by atoms with van der Waals surface area (Å²) in [5.74, 6) is 0.159. The number of amides is 1. The number of benzene rings is 2. The highest BCUT2D eigenvalue weighted by molar-refractivity contribution is 8.14. The van der Waals surface area contributed by atoms with Gasteiger partial charge in [-0.05, 0) is 49.2 Å². The Balaban J connectivity index is 1.51. The molecule has 0 aromatic heterocycles. The van der Waals surface area contributed by atoms with Gasteiger partial charge in [-0.25, -0.2) is 8.42 Å². The van der Waals surface area contributed by atoms with E-state index >= 15 is 0 Å². The number of halogens is 1. The Kier molecular flexibility index (Phi) is 5.83. The Morgan fingerprint density at radius 1 is 1.17 bits per heavy atom. The third kappa shape index (κ3) is 4.36. The van der Waals surface area contributed by atoms with E-state index in [0.29, 0.717) is 10.2 Å². The number of anilines is 2. The lowest BCUT2D eigenvalue weighted by molar-refractivity contribution is -0.113. The minimum absolute atomic E-state index is 0.0421. The number of fused-ring (bicyclic) bond motifs is 1. The van der Waals surface area contributed by atoms with E-state index in [4.69, 9.17) is 11.6 Å². The van der Waals surface area contributed by atoms with Crippen molar-refractivity contribution in [1.82, 2.24) is 0 Å². The minimum Gasteiger partial charge on any atom is -0.325 e. The highest BCUT2D eigenvalue weighted by Crippen LogP contribution is 2.35. The van der Waals surface area contributed by atoms with Crippen molar-refractivity contribution in [2.24, 2.45) is 4.99 Å². The summed E-state index contributed by atoms with van der Waals surface area (Å²) < 4.78 is 24.3. The van der Waals surface area contributed by atoms with Crippen molar-refractivity contribution in [3.05, 3.63) is 58.6 Å². The molecule has 6 nitrogen and oxygen atoms in total. The monoisotopic (exact) mass is 463 g/mol. The molecular weight excluding hydrogens is 442 g/mol. The maximum Gasteiger partial charge on any atom is 0.234 e. The fourth-order valence-corrected chi connectivity index (χ4v) is 6.75. The molecule has 2 aliphatic rings. The van der Waals surface area contributed by atoms with Gasteiger partial charge in [-0.15, -0.1) is 0 Å². The molecule has 2 atom stereocenters. The predicted octanol–water partition coefficient (Wildman–Crippen LogP) is 3.67. The summed E-state index contributed by atoms with van der Waals surface area (Å²) in [5.41, 5.74) is 3.67. The highest BCUT2D eigenvalue weighted by atomic mass is 35.5. The van der Waals surface area contributed by atoms with Crippen LogP contribution in [0.15, 0.2) is 47.5 Å². The number of carbonyl (C=O) groups excluding carboxylic acids is 1. The van der Waals surface area contributed by atoms with Crippen molar-refractivity contribution in [2.75, 3.05) is 27.5 Å². The van der Waals surface area contributed by atoms with Crippen LogP contribution in [0.4, 0.5) is 11.4 Å². The number of amidine groups is 1. The van der Waals surface area contributed by atoms with Gasteiger partial charge in [0.1, 0.15) is 0 Å². The van der Waals surface area contributed by atoms with Gasteiger partial charge in [-0.3, -0.25) is 9.79 Å². The standard InChI is InChI=1S/C21H22ClN3O3S2/c1-13-4-3-5-14(2)20(13)24-19(26)10-29-21-23-17-11-30(27,28)12-18(17)25(21)16-8-6-15(22)7-9-16/h3-9,17-18H,10-12H2,1-2H3,(H,24,26). The third-order valence-electron chi connectivity index (χ3n) is 5.29. The van der Waals surface area contributed by atoms with Crippen molar-refractivity contribution in [3.8, 4) is 0 Å². The molecule has 1 saturated heterocycles. The van der Waals surface area contributed by atoms with Crippen molar-refractivity contribution < 1.29 is 13.2 Å². The molecule has 9 heteroatoms. The molecule has 1 fully saturated rings. The van der Waals surface area contributed by atoms with Gasteiger partial charge < -0.3 is 10.2 Å². The Morgan fingerprint density at radius 3 is 2.50 bits per heavy atom. The number of sulfone groups is 1. The molecule has 2 aromatic rings. The summed E-state index contributed by atoms with van der Waals surface area (Å²) >= 11 is 7.34. The number of carbonyl (C=O) groups is 1. The molecule has 30 heavy (non-hydrogen) atoms. The molecule has 2 heterocycles. The first-order chi connectivity index (χ1) is 14.2. The zero-order valence-electron chi connectivity index (χ0n) is 16.6. The lowest BCUT2D eigenvalue weighted by Gasteiger charge is -2.26. The van der Waals surface area contributed by atoms with Crippen molar-refractivity contribution in [2.45, 2.75) is 25.9 Å². The summed E-state index contributed by atoms with van der Waals surface area (Å²) in [7, 11) is -3.12. The van der Waals surface area contributed by atoms with Gasteiger partial charge in [0, 0.05) is 16.4 Å². The number of rotatable bonds is 4. The van der Waals surface area contributed by atoms with Crippen LogP contribution in [-0.4, -0.2) is 48.8 Å². The second-order valence-electron chi connectivity index (χ2n) is 7.57. The molecule has 0 saturated carbocycles. The Hall–Kier alpha value is -2.03. The molecule has 2 unspecified atom stereocenters. The van der Waals surface area contributed by atoms with E-state index in [-0.39, 0.29) is 35.2 Å². The Labute approximate surface area is 185 Å². The maximum atomic E-state index is 12.6. The Bertz CT molecular complexity index is 1100. The molecule has 2 aliphatic heterocycles. The van der Waals surface area contributed by atoms with Crippen LogP contribution in [0.5, 0.6) is 0 Å². The summed E-state index contributed by atoms with van der Waals surface area (Å²) in [5, 5.41) is 4.25. The molecule has 0 spiro atoms. The van der Waals surface area contributed by atoms with Crippen molar-refractivity contribution >= 4 is 55.6 Å². The van der Waals surface area contributed by atoms with E-state index < -0.39 is 9.84 Å². The van der Waals surface area contributed by atoms with E-state index in [1.54, 1.807) is 12.1 Å². The van der Waals surface area contributed by atoms with Crippen LogP contribution in [0.2, 0.25) is 5.02 Å². The molecule has 1 N–H and O–H groups in total. The first-order valence-electron chi connectivity index (χ1n) is 9.55. The molecule has 0 aliphatic carbocycles. The van der Waals surface area contributed by atoms with Crippen LogP contribution in [0.3, 0.4) is 0 Å². The lowest BCUT2D eigenvalue weighted by Crippen LogP contribution is -2.39. The maximum absolute atomic E-state index is 12.6. The highest BCUT2D eigenvalue weighted by Gasteiger charge is 2.47. The lowest BCUT2D eigenvalue weighted by atomic mass is 10.1. The minimum atomic E-state index is -3.12. The number of nitrogens with one attached hydrogen (secondary N) is 1. The van der Waals surface area contributed by atoms with Crippen molar-refractivity contribution in [3.63, 3.8) is 0 Å². The van der Waals surface area contributed by atoms with Crippen molar-refractivity contribution in [1.29, 1.82) is 0 Å². The van der Waals surface area contributed by atoms with Crippen LogP contribution in [0.25, 0.3) is 0 Å². The molecular formula is C21H22ClN3O3S2. The van der Waals surface area contributed by atoms with Gasteiger partial charge >= 0.3 is 0 Å². The SMILES string of the molecule is Cc1cccc(C)c1NC(=O)CSC1=NC2CS(=O)(=O)CC2N1c1ccc(Cl)cc1. The zero-order valence-corrected chi connectivity index (χ0v) is 19.0. The quantitative estimate of drug-likeness (QED) is 0.748. The van der Waals surface area contributed by atoms with E-state index in [1.165, 1.54) is 11.8 Å². The molecule has 4 rings (SSSR count). The van der Waals surface area contributed by atoms with Gasteiger partial charge in [0.05, 0.1) is 29.3 Å². The van der Waals surface area contributed by atoms with E-state index in [2.05, 4.69) is 10.3 Å². The Morgan fingerprint density at radius 2 is 1.83 bits per heavy atom. The third-order valence-corrected chi connectivity index (χ3v) is 8.21. The zero-order chi connectivity index (χ0) is 21.5. The van der Waals surface area contributed by atoms with Crippen LogP contribution in [-0.2, 0) is 14.6 Å². The summed E-state index contributed by atoms with van der Waals surface area (Å²) in [6, 6.07) is 12.5. The first kappa shape index (κ1) is 21.2. The van der Waals surface area contributed by atoms with Crippen LogP contribution in [0, 0.1) is 13.8 Å². The van der Waals surface area contributed by atoms with Gasteiger partial charge in [0.15, 0.2) is 15.0 Å². The van der Waals surface area contributed by atoms with Gasteiger partial charge in [0.25, 0.3) is 0 Å². The fourth-order valence-electron chi connectivity index (χ4n) is 3.85. The fraction of sp³-hybridized carbons (Fsp3) is 0.333. The molecule has 1 amide bonds. The number of aryl methyl sites for hydroxylation is 2. The number of hydrogen-bond acceptors (Lipinski definition) is 6. The number of hydrogen-bond donors (Lipinski definition) is 1. The number of para-hydroxylation sites is 1. The average Bonchev–Trinajstić information content (AvgIpc) is 3.15. The number of aliphatic imine (C=N–C) groups is 1. The largest absolute Gasteiger partial charge is 0.325 e. The van der Waals surface area contributed by atoms with Gasteiger partial charge in [-0.1, -0.05) is 41.6 Å². The van der Waals surface area contributed by atoms with Crippen LogP contribution >= 0.6 is 23.4 Å². The average molecular weight is 464 g/mol. The molecule has 0 bridgehead atoms. The van der Waals surface area contributed by atoms with Gasteiger partial charge in [0.2, 0.25) is 5.91 Å². The number of thioether (sulfide) groups is 1. The first-order valence-corrected chi connectivity index (χ1v) is 12.7. The van der Waals surface area contributed by atoms with E-state index in [1.807, 2.05) is 49.1 Å². The summed E-state index contributed by atoms with van der Waals surface area (Å²) in [4.78, 5) is 19.2. The summed E-state index contributed by atoms with van der Waals surface area (Å²) in [6.07, 6.45) is 0. The predicted molar refractivity (Wildman–Crippen MR) is 125 cm³/mol. The molecule has 158 valence electrons. The molecule has 2 aromatic carbocycles. The topological polar surface area (TPSA) is 78.8 Å². The molecule has 0 radical (unpaired) electrons. The van der Waals surface area contributed by atoms with E-state index in [9.17, 15) is 13.2 Å². The number of nitrogens with zero attached hydrogens (tertiary/aromatic N) is 2. The van der Waals surface area contributed by atoms with Crippen LogP contribution in [0.1, 0.15) is 11.1 Å². The summed E-state index contributed by atoms with van der Waals surface area (Å²) in [6.45, 7) is 3.92. The second kappa shape index (κ2) is 8.24. The van der Waals surface area contributed by atoms with Gasteiger partial charge in [-0.2, -0.15) is 0 Å². The normalized spacial score (nSPS) is 22.0. The van der Waals surface area contributed by atoms with E-state index in [0.717, 1.165) is 22.5 Å². The van der Waals surface area contributed by atoms with Crippen LogP contribution < -0.4 is 10.2 Å².